The van der Waals surface area contributed by atoms with Gasteiger partial charge in [-0.1, -0.05) is 23.2 Å². The van der Waals surface area contributed by atoms with Crippen LogP contribution in [0.25, 0.3) is 11.4 Å². The van der Waals surface area contributed by atoms with E-state index in [-0.39, 0.29) is 16.1 Å². The molecule has 0 aliphatic rings. The molecule has 0 spiro atoms. The highest BCUT2D eigenvalue weighted by Crippen LogP contribution is 2.23. The Morgan fingerprint density at radius 2 is 1.75 bits per heavy atom. The Balaban J connectivity index is 2.52. The summed E-state index contributed by atoms with van der Waals surface area (Å²) in [6, 6.07) is 3.56. The fourth-order valence-electron chi connectivity index (χ4n) is 1.12. The van der Waals surface area contributed by atoms with E-state index in [1.54, 1.807) is 18.3 Å². The molecule has 2 rings (SSSR count). The van der Waals surface area contributed by atoms with Crippen molar-refractivity contribution < 1.29 is 4.39 Å². The minimum atomic E-state index is -0.813. The van der Waals surface area contributed by atoms with Gasteiger partial charge in [0.2, 0.25) is 0 Å². The first kappa shape index (κ1) is 11.2. The average Bonchev–Trinajstić information content (AvgIpc) is 2.26. The second-order valence-electron chi connectivity index (χ2n) is 3.13. The standard InChI is InChI=1S/C10H6Cl2FN3/c1-5-2-3-6(4-14-5)10-15-8(11)7(13)9(12)16-10/h2-4H,1H3. The third-order valence-corrected chi connectivity index (χ3v) is 2.44. The Morgan fingerprint density at radius 3 is 2.25 bits per heavy atom. The molecule has 2 aromatic rings. The summed E-state index contributed by atoms with van der Waals surface area (Å²) >= 11 is 11.1. The second kappa shape index (κ2) is 4.31. The number of halogens is 3. The molecule has 0 aromatic carbocycles. The van der Waals surface area contributed by atoms with E-state index < -0.39 is 5.82 Å². The highest BCUT2D eigenvalue weighted by molar-refractivity contribution is 6.33. The van der Waals surface area contributed by atoms with Crippen LogP contribution >= 0.6 is 23.2 Å². The zero-order valence-corrected chi connectivity index (χ0v) is 9.72. The van der Waals surface area contributed by atoms with Crippen LogP contribution in [-0.2, 0) is 0 Å². The molecule has 0 aliphatic carbocycles. The molecule has 2 heterocycles. The molecule has 3 nitrogen and oxygen atoms in total. The third kappa shape index (κ3) is 2.13. The summed E-state index contributed by atoms with van der Waals surface area (Å²) < 4.78 is 13.1. The summed E-state index contributed by atoms with van der Waals surface area (Å²) in [5.74, 6) is -0.559. The van der Waals surface area contributed by atoms with E-state index in [0.29, 0.717) is 5.56 Å². The molecule has 16 heavy (non-hydrogen) atoms. The Kier molecular flexibility index (Phi) is 3.03. The van der Waals surface area contributed by atoms with E-state index >= 15 is 0 Å². The fourth-order valence-corrected chi connectivity index (χ4v) is 1.51. The Morgan fingerprint density at radius 1 is 1.12 bits per heavy atom. The number of rotatable bonds is 1. The monoisotopic (exact) mass is 257 g/mol. The molecule has 0 saturated carbocycles. The lowest BCUT2D eigenvalue weighted by molar-refractivity contribution is 0.615. The van der Waals surface area contributed by atoms with Crippen LogP contribution in [0.2, 0.25) is 10.3 Å². The Hall–Kier alpha value is -1.26. The van der Waals surface area contributed by atoms with Crippen molar-refractivity contribution in [2.75, 3.05) is 0 Å². The van der Waals surface area contributed by atoms with Gasteiger partial charge in [0.1, 0.15) is 0 Å². The van der Waals surface area contributed by atoms with Gasteiger partial charge in [0.05, 0.1) is 0 Å². The predicted molar refractivity (Wildman–Crippen MR) is 60.0 cm³/mol. The summed E-state index contributed by atoms with van der Waals surface area (Å²) in [6.07, 6.45) is 1.58. The van der Waals surface area contributed by atoms with Crippen molar-refractivity contribution in [3.63, 3.8) is 0 Å². The highest BCUT2D eigenvalue weighted by atomic mass is 35.5. The van der Waals surface area contributed by atoms with Gasteiger partial charge >= 0.3 is 0 Å². The van der Waals surface area contributed by atoms with Gasteiger partial charge in [0.25, 0.3) is 0 Å². The van der Waals surface area contributed by atoms with Crippen LogP contribution in [0, 0.1) is 12.7 Å². The van der Waals surface area contributed by atoms with Crippen LogP contribution in [0.5, 0.6) is 0 Å². The van der Waals surface area contributed by atoms with E-state index in [1.807, 2.05) is 6.92 Å². The van der Waals surface area contributed by atoms with Crippen molar-refractivity contribution in [2.24, 2.45) is 0 Å². The molecule has 0 radical (unpaired) electrons. The smallest absolute Gasteiger partial charge is 0.197 e. The number of nitrogens with zero attached hydrogens (tertiary/aromatic N) is 3. The molecular weight excluding hydrogens is 252 g/mol. The summed E-state index contributed by atoms with van der Waals surface area (Å²) in [7, 11) is 0. The third-order valence-electron chi connectivity index (χ3n) is 1.94. The lowest BCUT2D eigenvalue weighted by Gasteiger charge is -2.02. The fraction of sp³-hybridized carbons (Fsp3) is 0.100. The van der Waals surface area contributed by atoms with Crippen molar-refractivity contribution in [3.8, 4) is 11.4 Å². The maximum absolute atomic E-state index is 13.1. The normalized spacial score (nSPS) is 10.5. The van der Waals surface area contributed by atoms with Gasteiger partial charge in [0, 0.05) is 17.5 Å². The number of pyridine rings is 1. The van der Waals surface area contributed by atoms with Gasteiger partial charge in [-0.25, -0.2) is 14.4 Å². The molecule has 2 aromatic heterocycles. The molecule has 0 amide bonds. The van der Waals surface area contributed by atoms with E-state index in [4.69, 9.17) is 23.2 Å². The number of aryl methyl sites for hydroxylation is 1. The van der Waals surface area contributed by atoms with Crippen molar-refractivity contribution in [2.45, 2.75) is 6.92 Å². The van der Waals surface area contributed by atoms with E-state index in [1.165, 1.54) is 0 Å². The number of hydrogen-bond acceptors (Lipinski definition) is 3. The van der Waals surface area contributed by atoms with Gasteiger partial charge < -0.3 is 0 Å². The van der Waals surface area contributed by atoms with Crippen LogP contribution in [0.15, 0.2) is 18.3 Å². The minimum absolute atomic E-state index is 0.254. The van der Waals surface area contributed by atoms with Crippen LogP contribution in [0.4, 0.5) is 4.39 Å². The van der Waals surface area contributed by atoms with Crippen LogP contribution in [-0.4, -0.2) is 15.0 Å². The van der Waals surface area contributed by atoms with Gasteiger partial charge in [-0.2, -0.15) is 0 Å². The van der Waals surface area contributed by atoms with Crippen LogP contribution in [0.3, 0.4) is 0 Å². The quantitative estimate of drug-likeness (QED) is 0.736. The number of hydrogen-bond donors (Lipinski definition) is 0. The first-order valence-corrected chi connectivity index (χ1v) is 5.15. The maximum Gasteiger partial charge on any atom is 0.197 e. The lowest BCUT2D eigenvalue weighted by Crippen LogP contribution is -1.95. The first-order chi connectivity index (χ1) is 7.58. The Bertz CT molecular complexity index is 505. The molecule has 0 N–H and O–H groups in total. The van der Waals surface area contributed by atoms with Crippen molar-refractivity contribution in [1.82, 2.24) is 15.0 Å². The second-order valence-corrected chi connectivity index (χ2v) is 3.85. The largest absolute Gasteiger partial charge is 0.261 e. The molecule has 6 heteroatoms. The van der Waals surface area contributed by atoms with Gasteiger partial charge in [0.15, 0.2) is 21.9 Å². The zero-order chi connectivity index (χ0) is 11.7. The maximum atomic E-state index is 13.1. The average molecular weight is 258 g/mol. The van der Waals surface area contributed by atoms with E-state index in [2.05, 4.69) is 15.0 Å². The van der Waals surface area contributed by atoms with Crippen molar-refractivity contribution in [1.29, 1.82) is 0 Å². The van der Waals surface area contributed by atoms with E-state index in [0.717, 1.165) is 5.69 Å². The molecule has 0 saturated heterocycles. The molecule has 82 valence electrons. The summed E-state index contributed by atoms with van der Waals surface area (Å²) in [5, 5.41) is -0.592. The van der Waals surface area contributed by atoms with E-state index in [9.17, 15) is 4.39 Å². The predicted octanol–water partition coefficient (Wildman–Crippen LogP) is 3.29. The molecule has 0 fully saturated rings. The summed E-state index contributed by atoms with van der Waals surface area (Å²) in [4.78, 5) is 11.7. The zero-order valence-electron chi connectivity index (χ0n) is 8.21. The summed E-state index contributed by atoms with van der Waals surface area (Å²) in [6.45, 7) is 1.86. The molecule has 0 unspecified atom stereocenters. The van der Waals surface area contributed by atoms with Gasteiger partial charge in [-0.05, 0) is 19.1 Å². The van der Waals surface area contributed by atoms with Gasteiger partial charge in [-0.15, -0.1) is 0 Å². The molecule has 0 aliphatic heterocycles. The molecule has 0 atom stereocenters. The first-order valence-electron chi connectivity index (χ1n) is 4.39. The van der Waals surface area contributed by atoms with Crippen LogP contribution in [0.1, 0.15) is 5.69 Å². The van der Waals surface area contributed by atoms with Crippen molar-refractivity contribution >= 4 is 23.2 Å². The lowest BCUT2D eigenvalue weighted by atomic mass is 10.2. The Labute approximate surface area is 101 Å². The molecular formula is C10H6Cl2FN3. The highest BCUT2D eigenvalue weighted by Gasteiger charge is 2.12. The topological polar surface area (TPSA) is 38.7 Å². The summed E-state index contributed by atoms with van der Waals surface area (Å²) in [5.41, 5.74) is 1.50. The van der Waals surface area contributed by atoms with Crippen LogP contribution < -0.4 is 0 Å². The minimum Gasteiger partial charge on any atom is -0.261 e. The number of aromatic nitrogens is 3. The van der Waals surface area contributed by atoms with Crippen molar-refractivity contribution in [3.05, 3.63) is 40.1 Å². The molecule has 0 bridgehead atoms. The SMILES string of the molecule is Cc1ccc(-c2nc(Cl)c(F)c(Cl)n2)cn1. The van der Waals surface area contributed by atoms with Gasteiger partial charge in [-0.3, -0.25) is 4.98 Å².